The molecule has 3 heteroatoms. The van der Waals surface area contributed by atoms with Crippen LogP contribution in [-0.4, -0.2) is 9.13 Å². The lowest BCUT2D eigenvalue weighted by molar-refractivity contribution is 0.669. The molecule has 0 amide bonds. The average Bonchev–Trinajstić information content (AvgIpc) is 3.90. The van der Waals surface area contributed by atoms with E-state index in [0.29, 0.717) is 0 Å². The van der Waals surface area contributed by atoms with E-state index in [2.05, 4.69) is 191 Å². The highest BCUT2D eigenvalue weighted by Crippen LogP contribution is 2.41. The molecule has 0 N–H and O–H groups in total. The lowest BCUT2D eigenvalue weighted by atomic mass is 9.98. The molecule has 0 radical (unpaired) electrons. The first kappa shape index (κ1) is 30.1. The van der Waals surface area contributed by atoms with E-state index in [1.165, 1.54) is 88.0 Å². The maximum absolute atomic E-state index is 6.18. The molecule has 0 saturated heterocycles. The van der Waals surface area contributed by atoms with Gasteiger partial charge in [-0.2, -0.15) is 0 Å². The van der Waals surface area contributed by atoms with Crippen LogP contribution in [0.3, 0.4) is 0 Å². The van der Waals surface area contributed by atoms with Crippen LogP contribution in [-0.2, 0) is 0 Å². The molecule has 0 atom stereocenters. The third-order valence-electron chi connectivity index (χ3n) is 11.5. The summed E-state index contributed by atoms with van der Waals surface area (Å²) in [5.74, 6) is 0. The monoisotopic (exact) mass is 700 g/mol. The molecule has 256 valence electrons. The highest BCUT2D eigenvalue weighted by Gasteiger charge is 2.18. The molecule has 0 bridgehead atoms. The van der Waals surface area contributed by atoms with Gasteiger partial charge in [0.25, 0.3) is 0 Å². The van der Waals surface area contributed by atoms with E-state index in [1.807, 2.05) is 12.1 Å². The lowest BCUT2D eigenvalue weighted by Gasteiger charge is -2.12. The smallest absolute Gasteiger partial charge is 0.135 e. The summed E-state index contributed by atoms with van der Waals surface area (Å²) in [4.78, 5) is 0. The molecule has 0 saturated carbocycles. The summed E-state index contributed by atoms with van der Waals surface area (Å²) < 4.78 is 11.0. The van der Waals surface area contributed by atoms with Crippen LogP contribution in [0.1, 0.15) is 0 Å². The number of hydrogen-bond acceptors (Lipinski definition) is 1. The lowest BCUT2D eigenvalue weighted by Crippen LogP contribution is -1.95. The van der Waals surface area contributed by atoms with Crippen LogP contribution < -0.4 is 0 Å². The fourth-order valence-electron chi connectivity index (χ4n) is 8.96. The summed E-state index contributed by atoms with van der Waals surface area (Å²) in [6.45, 7) is 0. The molecule has 0 aliphatic carbocycles. The Hall–Kier alpha value is -7.36. The van der Waals surface area contributed by atoms with Crippen molar-refractivity contribution in [3.05, 3.63) is 194 Å². The van der Waals surface area contributed by atoms with Crippen molar-refractivity contribution in [3.63, 3.8) is 0 Å². The van der Waals surface area contributed by atoms with Crippen molar-refractivity contribution in [2.75, 3.05) is 0 Å². The Morgan fingerprint density at radius 1 is 0.291 bits per heavy atom. The molecule has 3 nitrogen and oxygen atoms in total. The predicted octanol–water partition coefficient (Wildman–Crippen LogP) is 14.3. The van der Waals surface area contributed by atoms with Gasteiger partial charge in [0.15, 0.2) is 0 Å². The Balaban J connectivity index is 1.09. The van der Waals surface area contributed by atoms with Gasteiger partial charge in [-0.1, -0.05) is 115 Å². The van der Waals surface area contributed by atoms with Crippen LogP contribution in [0.2, 0.25) is 0 Å². The number of para-hydroxylation sites is 3. The summed E-state index contributed by atoms with van der Waals surface area (Å²) in [5.41, 5.74) is 13.7. The van der Waals surface area contributed by atoms with Crippen molar-refractivity contribution < 1.29 is 4.42 Å². The Labute approximate surface area is 316 Å². The highest BCUT2D eigenvalue weighted by molar-refractivity contribution is 6.14. The molecule has 3 heterocycles. The van der Waals surface area contributed by atoms with E-state index in [9.17, 15) is 0 Å². The van der Waals surface area contributed by atoms with Crippen molar-refractivity contribution in [1.82, 2.24) is 9.13 Å². The van der Waals surface area contributed by atoms with Crippen LogP contribution in [0, 0.1) is 0 Å². The molecule has 0 aliphatic rings. The first-order chi connectivity index (χ1) is 27.3. The summed E-state index contributed by atoms with van der Waals surface area (Å²) >= 11 is 0. The molecule has 12 aromatic rings. The van der Waals surface area contributed by atoms with Gasteiger partial charge in [-0.15, -0.1) is 0 Å². The van der Waals surface area contributed by atoms with Crippen molar-refractivity contribution in [2.45, 2.75) is 0 Å². The first-order valence-corrected chi connectivity index (χ1v) is 18.8. The molecule has 0 fully saturated rings. The van der Waals surface area contributed by atoms with E-state index in [-0.39, 0.29) is 0 Å². The van der Waals surface area contributed by atoms with Crippen molar-refractivity contribution >= 4 is 76.3 Å². The minimum absolute atomic E-state index is 0.909. The van der Waals surface area contributed by atoms with Gasteiger partial charge in [0.05, 0.1) is 27.8 Å². The van der Waals surface area contributed by atoms with Crippen LogP contribution in [0.25, 0.3) is 110 Å². The van der Waals surface area contributed by atoms with Gasteiger partial charge in [-0.25, -0.2) is 0 Å². The van der Waals surface area contributed by atoms with Gasteiger partial charge >= 0.3 is 0 Å². The van der Waals surface area contributed by atoms with Crippen molar-refractivity contribution in [1.29, 1.82) is 0 Å². The standard InChI is InChI=1S/C52H32N2O/c1-2-13-38(14-3-1)53-47-18-8-6-16-40(47)42-29-34(21-25-48(42)53)35-22-26-49-43(30-35)44-31-36(37-24-28-52-45(32-37)41-17-7-9-20-51(41)55-52)23-27-50(44)54(49)46-19-10-12-33-11-4-5-15-39(33)46/h1-32H. The minimum Gasteiger partial charge on any atom is -0.456 e. The maximum atomic E-state index is 6.18. The van der Waals surface area contributed by atoms with Gasteiger partial charge in [-0.05, 0) is 107 Å². The SMILES string of the molecule is c1ccc(-n2c3ccccc3c3cc(-c4ccc5c(c4)c4cc(-c6ccc7oc8ccccc8c7c6)ccc4n5-c4cccc5ccccc45)ccc32)cc1. The van der Waals surface area contributed by atoms with Crippen LogP contribution >= 0.6 is 0 Å². The molecule has 9 aromatic carbocycles. The Kier molecular flexibility index (Phi) is 6.34. The van der Waals surface area contributed by atoms with Gasteiger partial charge in [0, 0.05) is 43.4 Å². The average molecular weight is 701 g/mol. The molecule has 0 unspecified atom stereocenters. The van der Waals surface area contributed by atoms with E-state index in [4.69, 9.17) is 4.42 Å². The van der Waals surface area contributed by atoms with Crippen LogP contribution in [0.5, 0.6) is 0 Å². The first-order valence-electron chi connectivity index (χ1n) is 18.8. The Morgan fingerprint density at radius 3 is 1.51 bits per heavy atom. The van der Waals surface area contributed by atoms with Gasteiger partial charge in [0.2, 0.25) is 0 Å². The predicted molar refractivity (Wildman–Crippen MR) is 231 cm³/mol. The third-order valence-corrected chi connectivity index (χ3v) is 11.5. The van der Waals surface area contributed by atoms with Crippen molar-refractivity contribution in [3.8, 4) is 33.6 Å². The minimum atomic E-state index is 0.909. The van der Waals surface area contributed by atoms with Gasteiger partial charge in [-0.3, -0.25) is 0 Å². The number of aromatic nitrogens is 2. The van der Waals surface area contributed by atoms with Crippen LogP contribution in [0.4, 0.5) is 0 Å². The van der Waals surface area contributed by atoms with E-state index in [1.54, 1.807) is 0 Å². The number of furan rings is 1. The second-order valence-corrected chi connectivity index (χ2v) is 14.5. The van der Waals surface area contributed by atoms with Crippen molar-refractivity contribution in [2.24, 2.45) is 0 Å². The number of nitrogens with zero attached hydrogens (tertiary/aromatic N) is 2. The maximum Gasteiger partial charge on any atom is 0.135 e. The Bertz CT molecular complexity index is 3480. The second-order valence-electron chi connectivity index (χ2n) is 14.5. The molecule has 12 rings (SSSR count). The molecule has 3 aromatic heterocycles. The quantitative estimate of drug-likeness (QED) is 0.179. The zero-order chi connectivity index (χ0) is 36.0. The van der Waals surface area contributed by atoms with Gasteiger partial charge < -0.3 is 13.6 Å². The van der Waals surface area contributed by atoms with E-state index < -0.39 is 0 Å². The van der Waals surface area contributed by atoms with E-state index in [0.717, 1.165) is 21.9 Å². The summed E-state index contributed by atoms with van der Waals surface area (Å²) in [7, 11) is 0. The molecule has 0 aliphatic heterocycles. The second kappa shape index (κ2) is 11.6. The highest BCUT2D eigenvalue weighted by atomic mass is 16.3. The Morgan fingerprint density at radius 2 is 0.782 bits per heavy atom. The third kappa shape index (κ3) is 4.50. The largest absolute Gasteiger partial charge is 0.456 e. The molecule has 55 heavy (non-hydrogen) atoms. The zero-order valence-electron chi connectivity index (χ0n) is 29.8. The molecular formula is C52H32N2O. The number of rotatable bonds is 4. The van der Waals surface area contributed by atoms with Crippen LogP contribution in [0.15, 0.2) is 199 Å². The normalized spacial score (nSPS) is 12.0. The fraction of sp³-hybridized carbons (Fsp3) is 0. The van der Waals surface area contributed by atoms with E-state index >= 15 is 0 Å². The zero-order valence-corrected chi connectivity index (χ0v) is 29.8. The summed E-state index contributed by atoms with van der Waals surface area (Å²) in [5, 5.41) is 9.69. The number of fused-ring (bicyclic) bond motifs is 10. The molecular weight excluding hydrogens is 669 g/mol. The number of hydrogen-bond donors (Lipinski definition) is 0. The van der Waals surface area contributed by atoms with Gasteiger partial charge in [0.1, 0.15) is 11.2 Å². The molecule has 0 spiro atoms. The fourth-order valence-corrected chi connectivity index (χ4v) is 8.96. The topological polar surface area (TPSA) is 23.0 Å². The number of benzene rings is 9. The summed E-state index contributed by atoms with van der Waals surface area (Å²) in [6, 6.07) is 70.4. The summed E-state index contributed by atoms with van der Waals surface area (Å²) in [6.07, 6.45) is 0.